The van der Waals surface area contributed by atoms with Gasteiger partial charge in [-0.1, -0.05) is 68.7 Å². The normalized spacial score (nSPS) is 27.7. The molecule has 174 valence electrons. The topological polar surface area (TPSA) is 0 Å². The number of unbranched alkanes of at least 4 members (excludes halogenated alkanes) is 2. The molecule has 2 saturated carbocycles. The number of hydrogen-bond acceptors (Lipinski definition) is 0. The van der Waals surface area contributed by atoms with Crippen LogP contribution in [0.3, 0.4) is 0 Å². The van der Waals surface area contributed by atoms with E-state index < -0.39 is 6.18 Å². The molecule has 0 atom stereocenters. The second-order valence-electron chi connectivity index (χ2n) is 9.66. The van der Waals surface area contributed by atoms with E-state index in [2.05, 4.69) is 6.92 Å². The highest BCUT2D eigenvalue weighted by molar-refractivity contribution is 6.37. The summed E-state index contributed by atoms with van der Waals surface area (Å²) in [6.45, 7) is 2.27. The van der Waals surface area contributed by atoms with Gasteiger partial charge in [0.2, 0.25) is 0 Å². The smallest absolute Gasteiger partial charge is 0.167 e. The molecule has 3 rings (SSSR count). The Hall–Kier alpha value is -0.670. The Morgan fingerprint density at radius 2 is 1.42 bits per heavy atom. The minimum atomic E-state index is -4.38. The Kier molecular flexibility index (Phi) is 9.22. The van der Waals surface area contributed by atoms with Crippen molar-refractivity contribution in [1.29, 1.82) is 0 Å². The summed E-state index contributed by atoms with van der Waals surface area (Å²) in [5, 5.41) is 0.595. The third-order valence-corrected chi connectivity index (χ3v) is 8.18. The molecular formula is C26H35Cl2F3. The fourth-order valence-corrected chi connectivity index (χ4v) is 6.36. The van der Waals surface area contributed by atoms with Crippen LogP contribution in [0.1, 0.15) is 101 Å². The zero-order chi connectivity index (χ0) is 22.4. The molecule has 0 heterocycles. The lowest BCUT2D eigenvalue weighted by molar-refractivity contribution is -0.0790. The monoisotopic (exact) mass is 474 g/mol. The first-order valence-electron chi connectivity index (χ1n) is 12.0. The van der Waals surface area contributed by atoms with Gasteiger partial charge in [0.15, 0.2) is 0 Å². The average Bonchev–Trinajstić information content (AvgIpc) is 2.73. The largest absolute Gasteiger partial charge is 0.409 e. The minimum Gasteiger partial charge on any atom is -0.167 e. The predicted octanol–water partition coefficient (Wildman–Crippen LogP) is 10.2. The van der Waals surface area contributed by atoms with Crippen LogP contribution < -0.4 is 0 Å². The van der Waals surface area contributed by atoms with E-state index in [1.54, 1.807) is 0 Å². The molecule has 2 aliphatic carbocycles. The minimum absolute atomic E-state index is 0.184. The van der Waals surface area contributed by atoms with E-state index in [9.17, 15) is 13.2 Å². The summed E-state index contributed by atoms with van der Waals surface area (Å²) in [5.41, 5.74) is 1.31. The molecule has 0 aromatic heterocycles. The van der Waals surface area contributed by atoms with Gasteiger partial charge in [-0.05, 0) is 86.0 Å². The number of hydrogen-bond donors (Lipinski definition) is 0. The maximum atomic E-state index is 12.5. The maximum Gasteiger partial charge on any atom is 0.409 e. The van der Waals surface area contributed by atoms with Gasteiger partial charge in [-0.25, -0.2) is 0 Å². The van der Waals surface area contributed by atoms with E-state index >= 15 is 0 Å². The van der Waals surface area contributed by atoms with Crippen LogP contribution in [0, 0.1) is 17.8 Å². The van der Waals surface area contributed by atoms with E-state index in [1.807, 2.05) is 12.1 Å². The van der Waals surface area contributed by atoms with Crippen molar-refractivity contribution in [3.05, 3.63) is 39.4 Å². The zero-order valence-corrected chi connectivity index (χ0v) is 20.0. The summed E-state index contributed by atoms with van der Waals surface area (Å²) in [6.07, 6.45) is 12.6. The first kappa shape index (κ1) is 25.0. The van der Waals surface area contributed by atoms with Gasteiger partial charge in [0, 0.05) is 21.7 Å². The molecule has 0 radical (unpaired) electrons. The summed E-state index contributed by atoms with van der Waals surface area (Å²) < 4.78 is 37.4. The van der Waals surface area contributed by atoms with Crippen molar-refractivity contribution in [2.45, 2.75) is 96.1 Å². The third kappa shape index (κ3) is 7.42. The molecule has 2 fully saturated rings. The van der Waals surface area contributed by atoms with Crippen LogP contribution in [-0.4, -0.2) is 6.18 Å². The molecule has 31 heavy (non-hydrogen) atoms. The van der Waals surface area contributed by atoms with E-state index in [4.69, 9.17) is 23.2 Å². The molecule has 0 spiro atoms. The second kappa shape index (κ2) is 11.5. The Morgan fingerprint density at radius 1 is 0.871 bits per heavy atom. The maximum absolute atomic E-state index is 12.5. The Morgan fingerprint density at radius 3 is 1.94 bits per heavy atom. The molecule has 0 N–H and O–H groups in total. The van der Waals surface area contributed by atoms with Gasteiger partial charge in [-0.15, -0.1) is 0 Å². The highest BCUT2D eigenvalue weighted by Gasteiger charge is 2.31. The van der Waals surface area contributed by atoms with Crippen molar-refractivity contribution in [2.75, 3.05) is 0 Å². The van der Waals surface area contributed by atoms with Gasteiger partial charge < -0.3 is 0 Å². The zero-order valence-electron chi connectivity index (χ0n) is 18.5. The molecular weight excluding hydrogens is 440 g/mol. The van der Waals surface area contributed by atoms with Crippen LogP contribution in [0.15, 0.2) is 18.2 Å². The molecule has 0 unspecified atom stereocenters. The number of rotatable bonds is 7. The third-order valence-electron chi connectivity index (χ3n) is 7.56. The van der Waals surface area contributed by atoms with Gasteiger partial charge >= 0.3 is 6.18 Å². The molecule has 0 aliphatic heterocycles. The fourth-order valence-electron chi connectivity index (χ4n) is 5.73. The summed E-state index contributed by atoms with van der Waals surface area (Å²) in [5.74, 6) is 3.06. The highest BCUT2D eigenvalue weighted by Crippen LogP contribution is 2.45. The van der Waals surface area contributed by atoms with E-state index in [0.717, 1.165) is 42.2 Å². The lowest BCUT2D eigenvalue weighted by Crippen LogP contribution is -2.25. The summed E-state index contributed by atoms with van der Waals surface area (Å²) in [6, 6.07) is 3.63. The van der Waals surface area contributed by atoms with Crippen molar-refractivity contribution in [1.82, 2.24) is 0 Å². The number of benzene rings is 1. The quantitative estimate of drug-likeness (QED) is 0.344. The second-order valence-corrected chi connectivity index (χ2v) is 10.5. The average molecular weight is 475 g/mol. The molecule has 2 aliphatic rings. The van der Waals surface area contributed by atoms with Gasteiger partial charge in [-0.3, -0.25) is 0 Å². The first-order valence-corrected chi connectivity index (χ1v) is 12.8. The van der Waals surface area contributed by atoms with Crippen molar-refractivity contribution in [3.63, 3.8) is 0 Å². The number of alkyl halides is 3. The Balaban J connectivity index is 1.51. The van der Waals surface area contributed by atoms with E-state index in [1.165, 1.54) is 64.2 Å². The SMILES string of the molecule is CCCCCC1CCC(C2CCC(c3cc(Cl)c(C=CC(F)(F)F)c(Cl)c3)CC2)CC1. The van der Waals surface area contributed by atoms with Crippen LogP contribution in [0.25, 0.3) is 6.08 Å². The standard InChI is InChI=1S/C26H35Cl2F3/c1-2-3-4-5-18-6-8-19(9-7-18)20-10-12-21(13-11-20)22-16-24(27)23(25(28)17-22)14-15-26(29,30)31/h14-21H,2-13H2,1H3. The number of allylic oxidation sites excluding steroid dienone is 1. The molecule has 0 saturated heterocycles. The molecule has 0 amide bonds. The predicted molar refractivity (Wildman–Crippen MR) is 126 cm³/mol. The van der Waals surface area contributed by atoms with E-state index in [-0.39, 0.29) is 11.6 Å². The summed E-state index contributed by atoms with van der Waals surface area (Å²) >= 11 is 12.6. The highest BCUT2D eigenvalue weighted by atomic mass is 35.5. The lowest BCUT2D eigenvalue weighted by Gasteiger charge is -2.38. The number of halogens is 5. The Labute approximate surface area is 195 Å². The molecule has 1 aromatic rings. The van der Waals surface area contributed by atoms with Gasteiger partial charge in [0.05, 0.1) is 0 Å². The van der Waals surface area contributed by atoms with Gasteiger partial charge in [0.1, 0.15) is 0 Å². The van der Waals surface area contributed by atoms with Crippen molar-refractivity contribution in [3.8, 4) is 0 Å². The van der Waals surface area contributed by atoms with Crippen molar-refractivity contribution >= 4 is 29.3 Å². The molecule has 0 nitrogen and oxygen atoms in total. The molecule has 5 heteroatoms. The first-order chi connectivity index (χ1) is 14.8. The van der Waals surface area contributed by atoms with Crippen LogP contribution in [0.2, 0.25) is 10.0 Å². The van der Waals surface area contributed by atoms with Gasteiger partial charge in [-0.2, -0.15) is 13.2 Å². The van der Waals surface area contributed by atoms with Crippen molar-refractivity contribution < 1.29 is 13.2 Å². The lowest BCUT2D eigenvalue weighted by atomic mass is 9.68. The van der Waals surface area contributed by atoms with Crippen LogP contribution in [-0.2, 0) is 0 Å². The molecule has 1 aromatic carbocycles. The summed E-state index contributed by atoms with van der Waals surface area (Å²) in [7, 11) is 0. The molecule has 0 bridgehead atoms. The summed E-state index contributed by atoms with van der Waals surface area (Å²) in [4.78, 5) is 0. The van der Waals surface area contributed by atoms with Gasteiger partial charge in [0.25, 0.3) is 0 Å². The Bertz CT molecular complexity index is 702. The van der Waals surface area contributed by atoms with E-state index in [0.29, 0.717) is 16.0 Å². The van der Waals surface area contributed by atoms with Crippen molar-refractivity contribution in [2.24, 2.45) is 17.8 Å². The van der Waals surface area contributed by atoms with Crippen LogP contribution in [0.4, 0.5) is 13.2 Å². The van der Waals surface area contributed by atoms with Crippen LogP contribution in [0.5, 0.6) is 0 Å². The fraction of sp³-hybridized carbons (Fsp3) is 0.692. The van der Waals surface area contributed by atoms with Crippen LogP contribution >= 0.6 is 23.2 Å².